The summed E-state index contributed by atoms with van der Waals surface area (Å²) in [5, 5.41) is 7.32. The van der Waals surface area contributed by atoms with Gasteiger partial charge in [-0.1, -0.05) is 30.7 Å². The maximum absolute atomic E-state index is 12.7. The molecule has 1 aromatic heterocycles. The van der Waals surface area contributed by atoms with E-state index in [2.05, 4.69) is 15.5 Å². The highest BCUT2D eigenvalue weighted by molar-refractivity contribution is 6.35. The molecule has 0 spiro atoms. The average Bonchev–Trinajstić information content (AvgIpc) is 3.00. The summed E-state index contributed by atoms with van der Waals surface area (Å²) in [6.07, 6.45) is 2.56. The predicted molar refractivity (Wildman–Crippen MR) is 106 cm³/mol. The molecule has 0 bridgehead atoms. The number of rotatable bonds is 6. The Morgan fingerprint density at radius 1 is 1.30 bits per heavy atom. The zero-order valence-corrected chi connectivity index (χ0v) is 16.6. The Morgan fingerprint density at radius 3 is 2.70 bits per heavy atom. The molecule has 1 aliphatic rings. The Labute approximate surface area is 164 Å². The first kappa shape index (κ1) is 19.7. The highest BCUT2D eigenvalue weighted by Crippen LogP contribution is 2.30. The number of amides is 2. The molecule has 2 amide bonds. The number of nitrogens with zero attached hydrogens (tertiary/aromatic N) is 1. The van der Waals surface area contributed by atoms with Gasteiger partial charge in [-0.15, -0.1) is 0 Å². The number of piperidine rings is 1. The Kier molecular flexibility index (Phi) is 6.39. The normalized spacial score (nSPS) is 15.8. The molecule has 27 heavy (non-hydrogen) atoms. The van der Waals surface area contributed by atoms with Crippen LogP contribution in [0.2, 0.25) is 5.02 Å². The molecule has 2 heterocycles. The maximum Gasteiger partial charge on any atom is 0.287 e. The smallest absolute Gasteiger partial charge is 0.287 e. The molecule has 6 nitrogen and oxygen atoms in total. The summed E-state index contributed by atoms with van der Waals surface area (Å²) in [5.41, 5.74) is 1.35. The van der Waals surface area contributed by atoms with Crippen LogP contribution in [0.5, 0.6) is 0 Å². The van der Waals surface area contributed by atoms with Gasteiger partial charge in [-0.05, 0) is 32.3 Å². The minimum atomic E-state index is -0.209. The molecule has 1 saturated heterocycles. The van der Waals surface area contributed by atoms with Crippen LogP contribution in [-0.4, -0.2) is 48.9 Å². The van der Waals surface area contributed by atoms with Gasteiger partial charge < -0.3 is 15.1 Å². The van der Waals surface area contributed by atoms with Crippen molar-refractivity contribution in [2.75, 3.05) is 26.2 Å². The lowest BCUT2D eigenvalue weighted by molar-refractivity contribution is -0.122. The molecule has 0 aliphatic carbocycles. The summed E-state index contributed by atoms with van der Waals surface area (Å²) >= 11 is 6.16. The van der Waals surface area contributed by atoms with Crippen LogP contribution >= 0.6 is 11.6 Å². The van der Waals surface area contributed by atoms with Crippen molar-refractivity contribution >= 4 is 34.4 Å². The minimum absolute atomic E-state index is 0.0640. The van der Waals surface area contributed by atoms with E-state index >= 15 is 0 Å². The van der Waals surface area contributed by atoms with Crippen LogP contribution in [0.3, 0.4) is 0 Å². The fourth-order valence-electron chi connectivity index (χ4n) is 3.44. The van der Waals surface area contributed by atoms with E-state index in [9.17, 15) is 9.59 Å². The largest absolute Gasteiger partial charge is 0.449 e. The number of furan rings is 1. The van der Waals surface area contributed by atoms with E-state index in [0.717, 1.165) is 43.3 Å². The van der Waals surface area contributed by atoms with E-state index in [1.165, 1.54) is 0 Å². The molecule has 0 saturated carbocycles. The van der Waals surface area contributed by atoms with E-state index in [1.807, 2.05) is 26.0 Å². The fourth-order valence-corrected chi connectivity index (χ4v) is 3.65. The molecule has 2 N–H and O–H groups in total. The third-order valence-electron chi connectivity index (χ3n) is 4.98. The summed E-state index contributed by atoms with van der Waals surface area (Å²) in [6, 6.07) is 5.58. The third-order valence-corrected chi connectivity index (χ3v) is 5.28. The summed E-state index contributed by atoms with van der Waals surface area (Å²) in [7, 11) is 0. The third kappa shape index (κ3) is 4.62. The molecule has 0 atom stereocenters. The van der Waals surface area contributed by atoms with Gasteiger partial charge in [0.25, 0.3) is 5.91 Å². The summed E-state index contributed by atoms with van der Waals surface area (Å²) < 4.78 is 5.74. The van der Waals surface area contributed by atoms with Gasteiger partial charge in [-0.25, -0.2) is 0 Å². The first-order valence-electron chi connectivity index (χ1n) is 9.47. The molecule has 2 aromatic rings. The minimum Gasteiger partial charge on any atom is -0.449 e. The lowest BCUT2D eigenvalue weighted by atomic mass is 10.0. The average molecular weight is 392 g/mol. The van der Waals surface area contributed by atoms with Gasteiger partial charge in [-0.2, -0.15) is 0 Å². The van der Waals surface area contributed by atoms with Crippen LogP contribution in [0.4, 0.5) is 0 Å². The van der Waals surface area contributed by atoms with Crippen molar-refractivity contribution in [3.8, 4) is 0 Å². The van der Waals surface area contributed by atoms with Crippen LogP contribution in [0.1, 0.15) is 42.3 Å². The van der Waals surface area contributed by atoms with Gasteiger partial charge in [0.15, 0.2) is 11.3 Å². The molecular weight excluding hydrogens is 366 g/mol. The number of hydrogen-bond donors (Lipinski definition) is 2. The lowest BCUT2D eigenvalue weighted by Crippen LogP contribution is -2.47. The topological polar surface area (TPSA) is 74.6 Å². The number of nitrogens with one attached hydrogen (secondary N) is 2. The zero-order valence-electron chi connectivity index (χ0n) is 15.8. The fraction of sp³-hybridized carbons (Fsp3) is 0.500. The highest BCUT2D eigenvalue weighted by atomic mass is 35.5. The number of halogens is 1. The standard InChI is InChI=1S/C20H26ClN3O3/c1-3-9-22-17(25)12-24-10-7-14(8-11-24)23-20(26)18-13(2)15-5-4-6-16(21)19(15)27-18/h4-6,14H,3,7-12H2,1-2H3,(H,22,25)(H,23,26). The first-order valence-corrected chi connectivity index (χ1v) is 9.85. The number of likely N-dealkylation sites (tertiary alicyclic amines) is 1. The van der Waals surface area contributed by atoms with Gasteiger partial charge in [0, 0.05) is 36.6 Å². The number of carbonyl (C=O) groups excluding carboxylic acids is 2. The Bertz CT molecular complexity index is 825. The molecule has 1 aliphatic heterocycles. The summed E-state index contributed by atoms with van der Waals surface area (Å²) in [4.78, 5) is 26.6. The Balaban J connectivity index is 1.55. The lowest BCUT2D eigenvalue weighted by Gasteiger charge is -2.31. The van der Waals surface area contributed by atoms with Crippen LogP contribution in [0, 0.1) is 6.92 Å². The van der Waals surface area contributed by atoms with Crippen LogP contribution in [0.15, 0.2) is 22.6 Å². The molecule has 3 rings (SSSR count). The second-order valence-electron chi connectivity index (χ2n) is 7.05. The molecule has 0 radical (unpaired) electrons. The molecule has 1 aromatic carbocycles. The van der Waals surface area contributed by atoms with Gasteiger partial charge in [0.1, 0.15) is 0 Å². The number of para-hydroxylation sites is 1. The number of benzene rings is 1. The number of fused-ring (bicyclic) bond motifs is 1. The van der Waals surface area contributed by atoms with Crippen molar-refractivity contribution in [2.24, 2.45) is 0 Å². The van der Waals surface area contributed by atoms with Gasteiger partial charge >= 0.3 is 0 Å². The Hall–Kier alpha value is -2.05. The molecule has 1 fully saturated rings. The highest BCUT2D eigenvalue weighted by Gasteiger charge is 2.25. The van der Waals surface area contributed by atoms with E-state index < -0.39 is 0 Å². The molecule has 146 valence electrons. The molecule has 7 heteroatoms. The van der Waals surface area contributed by atoms with Gasteiger partial charge in [-0.3, -0.25) is 14.5 Å². The van der Waals surface area contributed by atoms with Gasteiger partial charge in [0.05, 0.1) is 11.6 Å². The first-order chi connectivity index (χ1) is 13.0. The van der Waals surface area contributed by atoms with Crippen molar-refractivity contribution in [3.63, 3.8) is 0 Å². The SMILES string of the molecule is CCCNC(=O)CN1CCC(NC(=O)c2oc3c(Cl)cccc3c2C)CC1. The van der Waals surface area contributed by atoms with Crippen molar-refractivity contribution < 1.29 is 14.0 Å². The summed E-state index contributed by atoms with van der Waals surface area (Å²) in [5.74, 6) is 0.174. The Morgan fingerprint density at radius 2 is 2.04 bits per heavy atom. The zero-order chi connectivity index (χ0) is 19.4. The maximum atomic E-state index is 12.7. The van der Waals surface area contributed by atoms with E-state index in [4.69, 9.17) is 16.0 Å². The number of aryl methyl sites for hydroxylation is 1. The molecular formula is C20H26ClN3O3. The van der Waals surface area contributed by atoms with Crippen molar-refractivity contribution in [1.82, 2.24) is 15.5 Å². The van der Waals surface area contributed by atoms with Crippen LogP contribution < -0.4 is 10.6 Å². The van der Waals surface area contributed by atoms with Crippen LogP contribution in [-0.2, 0) is 4.79 Å². The van der Waals surface area contributed by atoms with Crippen molar-refractivity contribution in [2.45, 2.75) is 39.2 Å². The van der Waals surface area contributed by atoms with Crippen molar-refractivity contribution in [1.29, 1.82) is 0 Å². The monoisotopic (exact) mass is 391 g/mol. The predicted octanol–water partition coefficient (Wildman–Crippen LogP) is 3.12. The van der Waals surface area contributed by atoms with E-state index in [0.29, 0.717) is 29.5 Å². The molecule has 0 unspecified atom stereocenters. The summed E-state index contributed by atoms with van der Waals surface area (Å²) in [6.45, 7) is 6.61. The second kappa shape index (κ2) is 8.76. The van der Waals surface area contributed by atoms with E-state index in [1.54, 1.807) is 6.07 Å². The van der Waals surface area contributed by atoms with Crippen molar-refractivity contribution in [3.05, 3.63) is 34.5 Å². The quantitative estimate of drug-likeness (QED) is 0.793. The van der Waals surface area contributed by atoms with Crippen LogP contribution in [0.25, 0.3) is 11.0 Å². The second-order valence-corrected chi connectivity index (χ2v) is 7.45. The van der Waals surface area contributed by atoms with E-state index in [-0.39, 0.29) is 17.9 Å². The number of hydrogen-bond acceptors (Lipinski definition) is 4. The van der Waals surface area contributed by atoms with Gasteiger partial charge in [0.2, 0.25) is 5.91 Å². The number of carbonyl (C=O) groups is 2.